The second kappa shape index (κ2) is 8.23. The van der Waals surface area contributed by atoms with Gasteiger partial charge in [-0.05, 0) is 31.5 Å². The van der Waals surface area contributed by atoms with Crippen molar-refractivity contribution in [1.29, 1.82) is 0 Å². The summed E-state index contributed by atoms with van der Waals surface area (Å²) < 4.78 is 5.74. The normalized spacial score (nSPS) is 12.9. The quantitative estimate of drug-likeness (QED) is 0.581. The molecule has 0 saturated carbocycles. The van der Waals surface area contributed by atoms with E-state index in [0.717, 1.165) is 23.8 Å². The fourth-order valence-corrected chi connectivity index (χ4v) is 2.78. The number of benzene rings is 1. The third-order valence-electron chi connectivity index (χ3n) is 4.10. The predicted molar refractivity (Wildman–Crippen MR) is 88.5 cm³/mol. The SMILES string of the molecule is CCCCCCCCCC(O)c1cc2cc(C)ccc2o1. The largest absolute Gasteiger partial charge is 0.458 e. The maximum Gasteiger partial charge on any atom is 0.134 e. The zero-order valence-electron chi connectivity index (χ0n) is 13.4. The smallest absolute Gasteiger partial charge is 0.134 e. The summed E-state index contributed by atoms with van der Waals surface area (Å²) in [5, 5.41) is 11.3. The summed E-state index contributed by atoms with van der Waals surface area (Å²) in [6.07, 6.45) is 9.22. The van der Waals surface area contributed by atoms with Gasteiger partial charge in [0.2, 0.25) is 0 Å². The Hall–Kier alpha value is -1.28. The van der Waals surface area contributed by atoms with E-state index in [9.17, 15) is 5.11 Å². The van der Waals surface area contributed by atoms with Crippen LogP contribution in [0.25, 0.3) is 11.0 Å². The number of fused-ring (bicyclic) bond motifs is 1. The van der Waals surface area contributed by atoms with E-state index in [2.05, 4.69) is 19.9 Å². The molecule has 1 atom stereocenters. The molecular weight excluding hydrogens is 260 g/mol. The van der Waals surface area contributed by atoms with Crippen LogP contribution in [-0.2, 0) is 0 Å². The molecule has 1 heterocycles. The molecule has 0 spiro atoms. The van der Waals surface area contributed by atoms with Crippen LogP contribution in [0.1, 0.15) is 75.7 Å². The number of aliphatic hydroxyl groups excluding tert-OH is 1. The summed E-state index contributed by atoms with van der Waals surface area (Å²) in [5.74, 6) is 0.710. The number of furan rings is 1. The Balaban J connectivity index is 1.75. The Morgan fingerprint density at radius 1 is 1.00 bits per heavy atom. The first-order valence-electron chi connectivity index (χ1n) is 8.39. The Morgan fingerprint density at radius 2 is 1.71 bits per heavy atom. The van der Waals surface area contributed by atoms with Crippen molar-refractivity contribution >= 4 is 11.0 Å². The lowest BCUT2D eigenvalue weighted by atomic mass is 10.1. The molecule has 0 bridgehead atoms. The molecule has 116 valence electrons. The van der Waals surface area contributed by atoms with Crippen molar-refractivity contribution in [2.45, 2.75) is 71.3 Å². The maximum absolute atomic E-state index is 10.2. The van der Waals surface area contributed by atoms with E-state index < -0.39 is 6.10 Å². The van der Waals surface area contributed by atoms with Gasteiger partial charge in [-0.15, -0.1) is 0 Å². The molecule has 0 radical (unpaired) electrons. The summed E-state index contributed by atoms with van der Waals surface area (Å²) in [4.78, 5) is 0. The molecule has 0 aliphatic heterocycles. The number of unbranched alkanes of at least 4 members (excludes halogenated alkanes) is 6. The summed E-state index contributed by atoms with van der Waals surface area (Å²) in [6.45, 7) is 4.31. The minimum atomic E-state index is -0.464. The zero-order valence-corrected chi connectivity index (χ0v) is 13.4. The molecular formula is C19H28O2. The number of hydrogen-bond donors (Lipinski definition) is 1. The molecule has 0 saturated heterocycles. The number of hydrogen-bond acceptors (Lipinski definition) is 2. The summed E-state index contributed by atoms with van der Waals surface area (Å²) in [6, 6.07) is 8.10. The second-order valence-electron chi connectivity index (χ2n) is 6.12. The van der Waals surface area contributed by atoms with Crippen LogP contribution in [0.15, 0.2) is 28.7 Å². The van der Waals surface area contributed by atoms with Crippen molar-refractivity contribution in [2.75, 3.05) is 0 Å². The molecule has 1 N–H and O–H groups in total. The highest BCUT2D eigenvalue weighted by atomic mass is 16.4. The zero-order chi connectivity index (χ0) is 15.1. The van der Waals surface area contributed by atoms with Crippen LogP contribution >= 0.6 is 0 Å². The first-order valence-corrected chi connectivity index (χ1v) is 8.39. The summed E-state index contributed by atoms with van der Waals surface area (Å²) >= 11 is 0. The van der Waals surface area contributed by atoms with Crippen LogP contribution < -0.4 is 0 Å². The van der Waals surface area contributed by atoms with E-state index in [1.54, 1.807) is 0 Å². The van der Waals surface area contributed by atoms with Crippen molar-refractivity contribution in [2.24, 2.45) is 0 Å². The molecule has 2 heteroatoms. The molecule has 21 heavy (non-hydrogen) atoms. The highest BCUT2D eigenvalue weighted by Crippen LogP contribution is 2.27. The molecule has 2 aromatic rings. The fourth-order valence-electron chi connectivity index (χ4n) is 2.78. The third-order valence-corrected chi connectivity index (χ3v) is 4.10. The lowest BCUT2D eigenvalue weighted by molar-refractivity contribution is 0.139. The standard InChI is InChI=1S/C19H28O2/c1-3-4-5-6-7-8-9-10-17(20)19-14-16-13-15(2)11-12-18(16)21-19/h11-14,17,20H,3-10H2,1-2H3. The number of aryl methyl sites for hydroxylation is 1. The number of aliphatic hydroxyl groups is 1. The highest BCUT2D eigenvalue weighted by molar-refractivity contribution is 5.78. The van der Waals surface area contributed by atoms with E-state index >= 15 is 0 Å². The molecule has 1 aromatic heterocycles. The molecule has 2 nitrogen and oxygen atoms in total. The first kappa shape index (κ1) is 16.1. The van der Waals surface area contributed by atoms with Gasteiger partial charge >= 0.3 is 0 Å². The second-order valence-corrected chi connectivity index (χ2v) is 6.12. The van der Waals surface area contributed by atoms with Gasteiger partial charge in [-0.1, -0.05) is 63.5 Å². The maximum atomic E-state index is 10.2. The third kappa shape index (κ3) is 4.89. The van der Waals surface area contributed by atoms with Crippen LogP contribution in [0.3, 0.4) is 0 Å². The van der Waals surface area contributed by atoms with Crippen molar-refractivity contribution in [1.82, 2.24) is 0 Å². The van der Waals surface area contributed by atoms with Crippen molar-refractivity contribution in [3.05, 3.63) is 35.6 Å². The van der Waals surface area contributed by atoms with E-state index in [-0.39, 0.29) is 0 Å². The van der Waals surface area contributed by atoms with Gasteiger partial charge in [0.1, 0.15) is 17.4 Å². The van der Waals surface area contributed by atoms with Crippen LogP contribution in [0.2, 0.25) is 0 Å². The molecule has 0 aliphatic carbocycles. The highest BCUT2D eigenvalue weighted by Gasteiger charge is 2.13. The van der Waals surface area contributed by atoms with Gasteiger partial charge < -0.3 is 9.52 Å². The minimum Gasteiger partial charge on any atom is -0.458 e. The minimum absolute atomic E-state index is 0.464. The summed E-state index contributed by atoms with van der Waals surface area (Å²) in [5.41, 5.74) is 2.09. The van der Waals surface area contributed by atoms with Gasteiger partial charge in [-0.3, -0.25) is 0 Å². The Morgan fingerprint density at radius 3 is 2.48 bits per heavy atom. The van der Waals surface area contributed by atoms with Gasteiger partial charge in [0.15, 0.2) is 0 Å². The Labute approximate surface area is 128 Å². The van der Waals surface area contributed by atoms with Crippen molar-refractivity contribution in [3.8, 4) is 0 Å². The van der Waals surface area contributed by atoms with Crippen molar-refractivity contribution in [3.63, 3.8) is 0 Å². The van der Waals surface area contributed by atoms with E-state index in [0.29, 0.717) is 5.76 Å². The molecule has 0 aliphatic rings. The van der Waals surface area contributed by atoms with E-state index in [1.807, 2.05) is 18.2 Å². The summed E-state index contributed by atoms with van der Waals surface area (Å²) in [7, 11) is 0. The molecule has 2 rings (SSSR count). The lowest BCUT2D eigenvalue weighted by Crippen LogP contribution is -1.95. The average molecular weight is 288 g/mol. The van der Waals surface area contributed by atoms with Crippen LogP contribution in [0, 0.1) is 6.92 Å². The first-order chi connectivity index (χ1) is 10.2. The van der Waals surface area contributed by atoms with Gasteiger partial charge in [0.25, 0.3) is 0 Å². The van der Waals surface area contributed by atoms with Crippen LogP contribution in [0.4, 0.5) is 0 Å². The molecule has 1 unspecified atom stereocenters. The van der Waals surface area contributed by atoms with Crippen molar-refractivity contribution < 1.29 is 9.52 Å². The van der Waals surface area contributed by atoms with E-state index in [4.69, 9.17) is 4.42 Å². The van der Waals surface area contributed by atoms with Crippen LogP contribution in [0.5, 0.6) is 0 Å². The predicted octanol–water partition coefficient (Wildman–Crippen LogP) is 5.92. The molecule has 0 fully saturated rings. The monoisotopic (exact) mass is 288 g/mol. The van der Waals surface area contributed by atoms with Gasteiger partial charge in [0, 0.05) is 5.39 Å². The molecule has 0 amide bonds. The Bertz CT molecular complexity index is 541. The van der Waals surface area contributed by atoms with Crippen LogP contribution in [-0.4, -0.2) is 5.11 Å². The number of rotatable bonds is 9. The average Bonchev–Trinajstić information content (AvgIpc) is 2.89. The van der Waals surface area contributed by atoms with Gasteiger partial charge in [-0.25, -0.2) is 0 Å². The Kier molecular flexibility index (Phi) is 6.31. The van der Waals surface area contributed by atoms with E-state index in [1.165, 1.54) is 44.1 Å². The van der Waals surface area contributed by atoms with Gasteiger partial charge in [0.05, 0.1) is 0 Å². The lowest BCUT2D eigenvalue weighted by Gasteiger charge is -2.07. The molecule has 1 aromatic carbocycles. The van der Waals surface area contributed by atoms with Gasteiger partial charge in [-0.2, -0.15) is 0 Å². The fraction of sp³-hybridized carbons (Fsp3) is 0.579. The topological polar surface area (TPSA) is 33.4 Å².